The molecule has 0 radical (unpaired) electrons. The van der Waals surface area contributed by atoms with Gasteiger partial charge in [0.2, 0.25) is 0 Å². The Bertz CT molecular complexity index is 1350. The summed E-state index contributed by atoms with van der Waals surface area (Å²) in [7, 11) is 0.252. The summed E-state index contributed by atoms with van der Waals surface area (Å²) < 4.78 is 44.3. The third-order valence-electron chi connectivity index (χ3n) is 5.26. The Morgan fingerprint density at radius 3 is 2.17 bits per heavy atom. The van der Waals surface area contributed by atoms with Crippen LogP contribution in [0.5, 0.6) is 17.2 Å². The number of carbonyl (C=O) groups is 1. The summed E-state index contributed by atoms with van der Waals surface area (Å²) in [6.45, 7) is 3.22. The zero-order valence-corrected chi connectivity index (χ0v) is 21.6. The summed E-state index contributed by atoms with van der Waals surface area (Å²) in [4.78, 5) is 12.8. The average molecular weight is 512 g/mol. The largest absolute Gasteiger partial charge is 0.496 e. The molecular weight excluding hydrogens is 482 g/mol. The van der Waals surface area contributed by atoms with Gasteiger partial charge in [0, 0.05) is 11.6 Å². The summed E-state index contributed by atoms with van der Waals surface area (Å²) in [5.41, 5.74) is 5.12. The number of hydrazone groups is 1. The third kappa shape index (κ3) is 6.14. The van der Waals surface area contributed by atoms with Crippen LogP contribution in [-0.2, 0) is 14.8 Å². The summed E-state index contributed by atoms with van der Waals surface area (Å²) >= 11 is 0. The second-order valence-corrected chi connectivity index (χ2v) is 9.77. The Kier molecular flexibility index (Phi) is 8.55. The topological polar surface area (TPSA) is 107 Å². The quantitative estimate of drug-likeness (QED) is 0.329. The van der Waals surface area contributed by atoms with E-state index in [-0.39, 0.29) is 10.6 Å². The molecule has 190 valence electrons. The van der Waals surface area contributed by atoms with Crippen molar-refractivity contribution >= 4 is 27.8 Å². The minimum Gasteiger partial charge on any atom is -0.496 e. The van der Waals surface area contributed by atoms with E-state index in [1.807, 2.05) is 32.0 Å². The van der Waals surface area contributed by atoms with E-state index >= 15 is 0 Å². The first-order chi connectivity index (χ1) is 17.2. The molecule has 10 heteroatoms. The maximum Gasteiger partial charge on any atom is 0.264 e. The monoisotopic (exact) mass is 511 g/mol. The zero-order chi connectivity index (χ0) is 26.3. The normalized spacial score (nSPS) is 11.2. The SMILES string of the molecule is COc1ccccc1C=NNC(=O)CN(c1cc(C)cc(C)c1)S(=O)(=O)c1ccc(OC)c(OC)c1. The Labute approximate surface area is 211 Å². The van der Waals surface area contributed by atoms with Crippen LogP contribution in [0.1, 0.15) is 16.7 Å². The second-order valence-electron chi connectivity index (χ2n) is 7.91. The number of rotatable bonds is 10. The molecule has 3 aromatic carbocycles. The number of ether oxygens (including phenoxy) is 3. The predicted octanol–water partition coefficient (Wildman–Crippen LogP) is 3.67. The van der Waals surface area contributed by atoms with Crippen LogP contribution in [0, 0.1) is 13.8 Å². The molecular formula is C26H29N3O6S. The molecule has 0 unspecified atom stereocenters. The number of nitrogens with zero attached hydrogens (tertiary/aromatic N) is 2. The van der Waals surface area contributed by atoms with Gasteiger partial charge in [-0.15, -0.1) is 0 Å². The first-order valence-electron chi connectivity index (χ1n) is 11.0. The van der Waals surface area contributed by atoms with Crippen molar-refractivity contribution in [3.05, 3.63) is 77.4 Å². The van der Waals surface area contributed by atoms with Crippen molar-refractivity contribution in [2.24, 2.45) is 5.10 Å². The molecule has 0 aliphatic carbocycles. The number of nitrogens with one attached hydrogen (secondary N) is 1. The molecule has 0 aliphatic rings. The molecule has 0 heterocycles. The standard InChI is InChI=1S/C26H29N3O6S/c1-18-12-19(2)14-21(13-18)29(36(31,32)22-10-11-24(34-4)25(15-22)35-5)17-26(30)28-27-16-20-8-6-7-9-23(20)33-3/h6-16H,17H2,1-5H3,(H,28,30). The lowest BCUT2D eigenvalue weighted by molar-refractivity contribution is -0.119. The smallest absolute Gasteiger partial charge is 0.264 e. The number of hydrogen-bond acceptors (Lipinski definition) is 7. The van der Waals surface area contributed by atoms with E-state index < -0.39 is 22.5 Å². The highest BCUT2D eigenvalue weighted by atomic mass is 32.2. The van der Waals surface area contributed by atoms with Crippen molar-refractivity contribution in [1.82, 2.24) is 5.43 Å². The molecule has 0 aromatic heterocycles. The molecule has 0 spiro atoms. The van der Waals surface area contributed by atoms with Crippen LogP contribution in [0.4, 0.5) is 5.69 Å². The number of para-hydroxylation sites is 1. The Balaban J connectivity index is 1.94. The Morgan fingerprint density at radius 2 is 1.53 bits per heavy atom. The van der Waals surface area contributed by atoms with Gasteiger partial charge in [-0.25, -0.2) is 13.8 Å². The molecule has 36 heavy (non-hydrogen) atoms. The molecule has 0 atom stereocenters. The summed E-state index contributed by atoms with van der Waals surface area (Å²) in [5, 5.41) is 3.97. The summed E-state index contributed by atoms with van der Waals surface area (Å²) in [5.74, 6) is 0.607. The maximum atomic E-state index is 13.7. The summed E-state index contributed by atoms with van der Waals surface area (Å²) in [6, 6.07) is 16.8. The number of carbonyl (C=O) groups excluding carboxylic acids is 1. The maximum absolute atomic E-state index is 13.7. The number of benzene rings is 3. The number of anilines is 1. The van der Waals surface area contributed by atoms with E-state index in [0.29, 0.717) is 22.7 Å². The van der Waals surface area contributed by atoms with Crippen molar-refractivity contribution in [1.29, 1.82) is 0 Å². The number of hydrogen-bond donors (Lipinski definition) is 1. The van der Waals surface area contributed by atoms with Gasteiger partial charge in [-0.1, -0.05) is 18.2 Å². The minimum atomic E-state index is -4.16. The van der Waals surface area contributed by atoms with Crippen LogP contribution in [0.15, 0.2) is 70.7 Å². The van der Waals surface area contributed by atoms with Crippen molar-refractivity contribution in [2.75, 3.05) is 32.2 Å². The first kappa shape index (κ1) is 26.6. The van der Waals surface area contributed by atoms with Gasteiger partial charge >= 0.3 is 0 Å². The van der Waals surface area contributed by atoms with E-state index in [1.165, 1.54) is 45.7 Å². The number of sulfonamides is 1. The molecule has 3 aromatic rings. The predicted molar refractivity (Wildman–Crippen MR) is 139 cm³/mol. The van der Waals surface area contributed by atoms with Crippen LogP contribution in [0.25, 0.3) is 0 Å². The van der Waals surface area contributed by atoms with E-state index in [0.717, 1.165) is 15.4 Å². The molecule has 9 nitrogen and oxygen atoms in total. The average Bonchev–Trinajstić information content (AvgIpc) is 2.86. The zero-order valence-electron chi connectivity index (χ0n) is 20.8. The van der Waals surface area contributed by atoms with Gasteiger partial charge in [-0.2, -0.15) is 5.10 Å². The van der Waals surface area contributed by atoms with Crippen LogP contribution in [-0.4, -0.2) is 48.4 Å². The fourth-order valence-electron chi connectivity index (χ4n) is 3.63. The highest BCUT2D eigenvalue weighted by Crippen LogP contribution is 2.32. The van der Waals surface area contributed by atoms with Gasteiger partial charge in [0.1, 0.15) is 12.3 Å². The molecule has 1 N–H and O–H groups in total. The first-order valence-corrected chi connectivity index (χ1v) is 12.4. The lowest BCUT2D eigenvalue weighted by atomic mass is 10.1. The molecule has 3 rings (SSSR count). The second kappa shape index (κ2) is 11.6. The van der Waals surface area contributed by atoms with Gasteiger partial charge in [0.25, 0.3) is 15.9 Å². The van der Waals surface area contributed by atoms with E-state index in [9.17, 15) is 13.2 Å². The van der Waals surface area contributed by atoms with Gasteiger partial charge in [-0.3, -0.25) is 9.10 Å². The van der Waals surface area contributed by atoms with E-state index in [2.05, 4.69) is 10.5 Å². The minimum absolute atomic E-state index is 0.0513. The molecule has 0 fully saturated rings. The van der Waals surface area contributed by atoms with Crippen molar-refractivity contribution < 1.29 is 27.4 Å². The van der Waals surface area contributed by atoms with E-state index in [1.54, 1.807) is 24.3 Å². The highest BCUT2D eigenvalue weighted by Gasteiger charge is 2.28. The van der Waals surface area contributed by atoms with Crippen LogP contribution in [0.2, 0.25) is 0 Å². The Morgan fingerprint density at radius 1 is 0.889 bits per heavy atom. The van der Waals surface area contributed by atoms with Crippen molar-refractivity contribution in [2.45, 2.75) is 18.7 Å². The van der Waals surface area contributed by atoms with E-state index in [4.69, 9.17) is 14.2 Å². The fraction of sp³-hybridized carbons (Fsp3) is 0.231. The molecule has 0 bridgehead atoms. The molecule has 1 amide bonds. The molecule has 0 aliphatic heterocycles. The summed E-state index contributed by atoms with van der Waals surface area (Å²) in [6.07, 6.45) is 1.43. The van der Waals surface area contributed by atoms with Gasteiger partial charge < -0.3 is 14.2 Å². The van der Waals surface area contributed by atoms with Crippen molar-refractivity contribution in [3.8, 4) is 17.2 Å². The lowest BCUT2D eigenvalue weighted by Crippen LogP contribution is -2.39. The van der Waals surface area contributed by atoms with Crippen LogP contribution in [0.3, 0.4) is 0 Å². The van der Waals surface area contributed by atoms with Crippen molar-refractivity contribution in [3.63, 3.8) is 0 Å². The Hall–Kier alpha value is -4.05. The number of methoxy groups -OCH3 is 3. The number of amides is 1. The lowest BCUT2D eigenvalue weighted by Gasteiger charge is -2.25. The van der Waals surface area contributed by atoms with Gasteiger partial charge in [0.05, 0.1) is 38.1 Å². The number of aryl methyl sites for hydroxylation is 2. The fourth-order valence-corrected chi connectivity index (χ4v) is 5.05. The van der Waals surface area contributed by atoms with Gasteiger partial charge in [0.15, 0.2) is 11.5 Å². The molecule has 0 saturated carbocycles. The van der Waals surface area contributed by atoms with Crippen LogP contribution < -0.4 is 23.9 Å². The van der Waals surface area contributed by atoms with Crippen LogP contribution >= 0.6 is 0 Å². The highest BCUT2D eigenvalue weighted by molar-refractivity contribution is 7.92. The van der Waals surface area contributed by atoms with Gasteiger partial charge in [-0.05, 0) is 61.4 Å². The molecule has 0 saturated heterocycles. The third-order valence-corrected chi connectivity index (χ3v) is 7.03.